The summed E-state index contributed by atoms with van der Waals surface area (Å²) in [7, 11) is 0. The summed E-state index contributed by atoms with van der Waals surface area (Å²) >= 11 is 0. The Morgan fingerprint density at radius 3 is 2.36 bits per heavy atom. The maximum absolute atomic E-state index is 12.0. The molecule has 22 heavy (non-hydrogen) atoms. The summed E-state index contributed by atoms with van der Waals surface area (Å²) in [4.78, 5) is 22.6. The molecular formula is C17H22NNaO3. The molecule has 0 bridgehead atoms. The summed E-state index contributed by atoms with van der Waals surface area (Å²) in [6, 6.07) is 8.54. The molecule has 2 atom stereocenters. The third-order valence-corrected chi connectivity index (χ3v) is 3.90. The van der Waals surface area contributed by atoms with Gasteiger partial charge in [0.2, 0.25) is 5.91 Å². The van der Waals surface area contributed by atoms with Crippen LogP contribution in [0.25, 0.3) is 0 Å². The molecule has 2 rings (SSSR count). The standard InChI is InChI=1S/C17H23NO3.Na/c1-11-4-6-12(7-5-11)13-8-14(13)18-15(19)9-17(2,3)10-16(20)21;/h4-7,13-14H,8-10H2,1-3H3,(H,18,19)(H,20,21);/q;+1/p-1/t13-,14+;/m0./s1. The summed E-state index contributed by atoms with van der Waals surface area (Å²) < 4.78 is 0. The molecule has 0 heterocycles. The van der Waals surface area contributed by atoms with Gasteiger partial charge in [-0.2, -0.15) is 0 Å². The van der Waals surface area contributed by atoms with Crippen LogP contribution in [0.1, 0.15) is 50.2 Å². The summed E-state index contributed by atoms with van der Waals surface area (Å²) in [5.74, 6) is -0.809. The van der Waals surface area contributed by atoms with Gasteiger partial charge in [-0.15, -0.1) is 0 Å². The number of aliphatic carboxylic acids is 1. The molecule has 1 aromatic carbocycles. The number of carboxylic acid groups (broad SMARTS) is 1. The average Bonchev–Trinajstić information content (AvgIpc) is 3.06. The van der Waals surface area contributed by atoms with Crippen molar-refractivity contribution in [2.24, 2.45) is 5.41 Å². The van der Waals surface area contributed by atoms with Crippen molar-refractivity contribution in [1.29, 1.82) is 0 Å². The van der Waals surface area contributed by atoms with E-state index in [1.54, 1.807) is 13.8 Å². The molecule has 0 radical (unpaired) electrons. The maximum Gasteiger partial charge on any atom is 1.00 e. The molecule has 1 amide bonds. The predicted molar refractivity (Wildman–Crippen MR) is 78.5 cm³/mol. The van der Waals surface area contributed by atoms with Crippen LogP contribution in [0.15, 0.2) is 24.3 Å². The molecule has 4 nitrogen and oxygen atoms in total. The number of rotatable bonds is 6. The zero-order valence-electron chi connectivity index (χ0n) is 13.8. The zero-order chi connectivity index (χ0) is 15.6. The molecule has 5 heteroatoms. The molecule has 0 aromatic heterocycles. The molecule has 1 saturated carbocycles. The van der Waals surface area contributed by atoms with Gasteiger partial charge in [0, 0.05) is 24.3 Å². The summed E-state index contributed by atoms with van der Waals surface area (Å²) in [6.45, 7) is 5.59. The maximum atomic E-state index is 12.0. The van der Waals surface area contributed by atoms with Gasteiger partial charge < -0.3 is 15.2 Å². The number of amides is 1. The zero-order valence-corrected chi connectivity index (χ0v) is 15.8. The Morgan fingerprint density at radius 2 is 1.82 bits per heavy atom. The molecule has 1 fully saturated rings. The van der Waals surface area contributed by atoms with Crippen LogP contribution in [0.5, 0.6) is 0 Å². The molecule has 0 saturated heterocycles. The number of carbonyl (C=O) groups is 2. The molecule has 0 unspecified atom stereocenters. The van der Waals surface area contributed by atoms with Gasteiger partial charge in [-0.1, -0.05) is 43.7 Å². The Bertz CT molecular complexity index is 539. The smallest absolute Gasteiger partial charge is 0.550 e. The monoisotopic (exact) mass is 311 g/mol. The van der Waals surface area contributed by atoms with Gasteiger partial charge in [0.15, 0.2) is 0 Å². The molecule has 1 N–H and O–H groups in total. The van der Waals surface area contributed by atoms with Gasteiger partial charge in [0.1, 0.15) is 0 Å². The average molecular weight is 311 g/mol. The first kappa shape index (κ1) is 19.2. The normalized spacial score (nSPS) is 20.0. The number of hydrogen-bond donors (Lipinski definition) is 1. The fourth-order valence-electron chi connectivity index (χ4n) is 2.68. The van der Waals surface area contributed by atoms with Crippen LogP contribution in [0.2, 0.25) is 0 Å². The summed E-state index contributed by atoms with van der Waals surface area (Å²) in [6.07, 6.45) is 1.06. The van der Waals surface area contributed by atoms with Crippen LogP contribution in [-0.2, 0) is 9.59 Å². The van der Waals surface area contributed by atoms with E-state index in [2.05, 4.69) is 36.5 Å². The van der Waals surface area contributed by atoms with Gasteiger partial charge in [0.25, 0.3) is 0 Å². The van der Waals surface area contributed by atoms with E-state index < -0.39 is 11.4 Å². The van der Waals surface area contributed by atoms with E-state index in [0.29, 0.717) is 5.92 Å². The Kier molecular flexibility index (Phi) is 6.65. The van der Waals surface area contributed by atoms with Crippen LogP contribution in [0.4, 0.5) is 0 Å². The van der Waals surface area contributed by atoms with E-state index in [4.69, 9.17) is 0 Å². The van der Waals surface area contributed by atoms with E-state index in [0.717, 1.165) is 6.42 Å². The third-order valence-electron chi connectivity index (χ3n) is 3.90. The fraction of sp³-hybridized carbons (Fsp3) is 0.529. The molecular weight excluding hydrogens is 289 g/mol. The number of hydrogen-bond acceptors (Lipinski definition) is 3. The number of nitrogens with one attached hydrogen (secondary N) is 1. The van der Waals surface area contributed by atoms with Gasteiger partial charge >= 0.3 is 29.6 Å². The van der Waals surface area contributed by atoms with E-state index in [9.17, 15) is 14.7 Å². The fourth-order valence-corrected chi connectivity index (χ4v) is 2.68. The predicted octanol–water partition coefficient (Wildman–Crippen LogP) is -1.47. The quantitative estimate of drug-likeness (QED) is 0.652. The number of benzene rings is 1. The van der Waals surface area contributed by atoms with Crippen molar-refractivity contribution in [1.82, 2.24) is 5.32 Å². The summed E-state index contributed by atoms with van der Waals surface area (Å²) in [5.41, 5.74) is 1.90. The van der Waals surface area contributed by atoms with Crippen LogP contribution in [-0.4, -0.2) is 17.9 Å². The molecule has 1 aliphatic rings. The van der Waals surface area contributed by atoms with Crippen molar-refractivity contribution in [3.8, 4) is 0 Å². The van der Waals surface area contributed by atoms with E-state index in [-0.39, 0.29) is 54.3 Å². The summed E-state index contributed by atoms with van der Waals surface area (Å²) in [5, 5.41) is 13.6. The number of carbonyl (C=O) groups excluding carboxylic acids is 2. The first-order valence-electron chi connectivity index (χ1n) is 7.33. The Balaban J connectivity index is 0.00000242. The van der Waals surface area contributed by atoms with Gasteiger partial charge in [-0.3, -0.25) is 4.79 Å². The van der Waals surface area contributed by atoms with Gasteiger partial charge in [0.05, 0.1) is 0 Å². The van der Waals surface area contributed by atoms with Gasteiger partial charge in [-0.25, -0.2) is 0 Å². The molecule has 0 spiro atoms. The van der Waals surface area contributed by atoms with Crippen LogP contribution in [0, 0.1) is 12.3 Å². The second-order valence-corrected chi connectivity index (χ2v) is 6.82. The van der Waals surface area contributed by atoms with Crippen molar-refractivity contribution >= 4 is 11.9 Å². The van der Waals surface area contributed by atoms with E-state index in [1.165, 1.54) is 11.1 Å². The number of carboxylic acids is 1. The Morgan fingerprint density at radius 1 is 1.23 bits per heavy atom. The van der Waals surface area contributed by atoms with Crippen LogP contribution >= 0.6 is 0 Å². The first-order valence-corrected chi connectivity index (χ1v) is 7.33. The van der Waals surface area contributed by atoms with Crippen molar-refractivity contribution in [3.63, 3.8) is 0 Å². The van der Waals surface area contributed by atoms with E-state index in [1.807, 2.05) is 0 Å². The molecule has 1 aromatic rings. The largest absolute Gasteiger partial charge is 1.00 e. The minimum atomic E-state index is -1.11. The van der Waals surface area contributed by atoms with Crippen molar-refractivity contribution in [2.75, 3.05) is 0 Å². The SMILES string of the molecule is Cc1ccc([C@@H]2C[C@H]2NC(=O)CC(C)(C)CC(=O)[O-])cc1.[Na+]. The van der Waals surface area contributed by atoms with Crippen molar-refractivity contribution in [2.45, 2.75) is 52.0 Å². The first-order chi connectivity index (χ1) is 9.77. The van der Waals surface area contributed by atoms with Crippen molar-refractivity contribution < 1.29 is 44.3 Å². The van der Waals surface area contributed by atoms with Crippen LogP contribution in [0.3, 0.4) is 0 Å². The second kappa shape index (κ2) is 7.62. The minimum absolute atomic E-state index is 0. The second-order valence-electron chi connectivity index (χ2n) is 6.82. The molecule has 0 aliphatic heterocycles. The Hall–Kier alpha value is -0.840. The van der Waals surface area contributed by atoms with E-state index >= 15 is 0 Å². The molecule has 1 aliphatic carbocycles. The van der Waals surface area contributed by atoms with Crippen molar-refractivity contribution in [3.05, 3.63) is 35.4 Å². The van der Waals surface area contributed by atoms with Gasteiger partial charge in [-0.05, 0) is 30.7 Å². The number of aryl methyl sites for hydroxylation is 1. The minimum Gasteiger partial charge on any atom is -0.550 e. The topological polar surface area (TPSA) is 69.2 Å². The Labute approximate surface area is 154 Å². The third kappa shape index (κ3) is 5.75. The molecule has 114 valence electrons. The van der Waals surface area contributed by atoms with Crippen LogP contribution < -0.4 is 40.0 Å².